The van der Waals surface area contributed by atoms with Gasteiger partial charge in [0.25, 0.3) is 0 Å². The van der Waals surface area contributed by atoms with Crippen LogP contribution in [0.25, 0.3) is 0 Å². The molecule has 130 valence electrons. The third-order valence-corrected chi connectivity index (χ3v) is 5.91. The van der Waals surface area contributed by atoms with Gasteiger partial charge in [0.05, 0.1) is 12.2 Å². The highest BCUT2D eigenvalue weighted by Gasteiger charge is 2.22. The van der Waals surface area contributed by atoms with Crippen molar-refractivity contribution in [3.8, 4) is 0 Å². The van der Waals surface area contributed by atoms with E-state index >= 15 is 0 Å². The minimum atomic E-state index is 0.558. The number of thiazole rings is 1. The molecule has 0 aliphatic carbocycles. The smallest absolute Gasteiger partial charge is 0.107 e. The quantitative estimate of drug-likeness (QED) is 0.865. The summed E-state index contributed by atoms with van der Waals surface area (Å²) in [4.78, 5) is 13.2. The van der Waals surface area contributed by atoms with Gasteiger partial charge in [0.15, 0.2) is 0 Å². The minimum absolute atomic E-state index is 0.558. The molecule has 2 aromatic heterocycles. The molecule has 1 fully saturated rings. The van der Waals surface area contributed by atoms with Crippen molar-refractivity contribution in [2.45, 2.75) is 58.2 Å². The maximum absolute atomic E-state index is 4.68. The Morgan fingerprint density at radius 3 is 2.88 bits per heavy atom. The number of aromatic nitrogens is 2. The van der Waals surface area contributed by atoms with E-state index in [0.29, 0.717) is 12.0 Å². The molecule has 5 heteroatoms. The van der Waals surface area contributed by atoms with Gasteiger partial charge in [-0.2, -0.15) is 0 Å². The Kier molecular flexibility index (Phi) is 6.35. The van der Waals surface area contributed by atoms with E-state index in [1.807, 2.05) is 23.6 Å². The van der Waals surface area contributed by atoms with Crippen molar-refractivity contribution >= 4 is 11.3 Å². The predicted molar refractivity (Wildman–Crippen MR) is 100 cm³/mol. The molecule has 24 heavy (non-hydrogen) atoms. The van der Waals surface area contributed by atoms with Crippen LogP contribution in [0.3, 0.4) is 0 Å². The molecule has 0 saturated carbocycles. The second-order valence-corrected chi connectivity index (χ2v) is 8.02. The Morgan fingerprint density at radius 1 is 1.21 bits per heavy atom. The van der Waals surface area contributed by atoms with E-state index < -0.39 is 0 Å². The SMILES string of the molecule is CC(C)c1cnc(CN(Cc2ccccn2)[C@H]2CCCNCC2)s1. The largest absolute Gasteiger partial charge is 0.317 e. The van der Waals surface area contributed by atoms with Gasteiger partial charge in [-0.25, -0.2) is 4.98 Å². The lowest BCUT2D eigenvalue weighted by Gasteiger charge is -2.30. The molecule has 3 heterocycles. The Hall–Kier alpha value is -1.30. The van der Waals surface area contributed by atoms with Crippen molar-refractivity contribution in [2.24, 2.45) is 0 Å². The molecule has 1 atom stereocenters. The molecule has 0 amide bonds. The van der Waals surface area contributed by atoms with Crippen LogP contribution in [0, 0.1) is 0 Å². The summed E-state index contributed by atoms with van der Waals surface area (Å²) in [5.74, 6) is 0.558. The van der Waals surface area contributed by atoms with Crippen LogP contribution >= 0.6 is 11.3 Å². The second-order valence-electron chi connectivity index (χ2n) is 6.87. The molecule has 1 saturated heterocycles. The highest BCUT2D eigenvalue weighted by molar-refractivity contribution is 7.11. The van der Waals surface area contributed by atoms with E-state index in [4.69, 9.17) is 0 Å². The van der Waals surface area contributed by atoms with Gasteiger partial charge in [0, 0.05) is 29.9 Å². The molecule has 0 bridgehead atoms. The highest BCUT2D eigenvalue weighted by atomic mass is 32.1. The van der Waals surface area contributed by atoms with Gasteiger partial charge >= 0.3 is 0 Å². The molecular formula is C19H28N4S. The highest BCUT2D eigenvalue weighted by Crippen LogP contribution is 2.25. The molecule has 1 aliphatic rings. The van der Waals surface area contributed by atoms with Crippen molar-refractivity contribution < 1.29 is 0 Å². The van der Waals surface area contributed by atoms with Crippen LogP contribution in [0.15, 0.2) is 30.6 Å². The fraction of sp³-hybridized carbons (Fsp3) is 0.579. The molecule has 1 N–H and O–H groups in total. The lowest BCUT2D eigenvalue weighted by atomic mass is 10.1. The molecule has 0 spiro atoms. The van der Waals surface area contributed by atoms with Crippen molar-refractivity contribution in [2.75, 3.05) is 13.1 Å². The zero-order valence-corrected chi connectivity index (χ0v) is 15.6. The molecule has 2 aromatic rings. The van der Waals surface area contributed by atoms with Crippen molar-refractivity contribution in [1.82, 2.24) is 20.2 Å². The Balaban J connectivity index is 1.74. The van der Waals surface area contributed by atoms with Gasteiger partial charge < -0.3 is 5.32 Å². The summed E-state index contributed by atoms with van der Waals surface area (Å²) in [6.07, 6.45) is 7.65. The zero-order valence-electron chi connectivity index (χ0n) is 14.7. The van der Waals surface area contributed by atoms with E-state index in [2.05, 4.69) is 52.4 Å². The summed E-state index contributed by atoms with van der Waals surface area (Å²) in [7, 11) is 0. The lowest BCUT2D eigenvalue weighted by molar-refractivity contribution is 0.162. The molecular weight excluding hydrogens is 316 g/mol. The van der Waals surface area contributed by atoms with Crippen LogP contribution in [0.4, 0.5) is 0 Å². The van der Waals surface area contributed by atoms with Gasteiger partial charge in [-0.15, -0.1) is 11.3 Å². The van der Waals surface area contributed by atoms with Crippen molar-refractivity contribution in [3.05, 3.63) is 46.2 Å². The second kappa shape index (κ2) is 8.70. The van der Waals surface area contributed by atoms with Crippen molar-refractivity contribution in [1.29, 1.82) is 0 Å². The van der Waals surface area contributed by atoms with Gasteiger partial charge in [-0.05, 0) is 50.4 Å². The topological polar surface area (TPSA) is 41.1 Å². The number of hydrogen-bond donors (Lipinski definition) is 1. The summed E-state index contributed by atoms with van der Waals surface area (Å²) in [5, 5.41) is 4.75. The Labute approximate surface area is 149 Å². The molecule has 4 nitrogen and oxygen atoms in total. The van der Waals surface area contributed by atoms with Crippen LogP contribution in [-0.2, 0) is 13.1 Å². The lowest BCUT2D eigenvalue weighted by Crippen LogP contribution is -2.35. The molecule has 1 aliphatic heterocycles. The molecule has 0 aromatic carbocycles. The summed E-state index contributed by atoms with van der Waals surface area (Å²) < 4.78 is 0. The van der Waals surface area contributed by atoms with Crippen LogP contribution in [0.5, 0.6) is 0 Å². The first-order valence-corrected chi connectivity index (χ1v) is 9.83. The van der Waals surface area contributed by atoms with Gasteiger partial charge in [0.2, 0.25) is 0 Å². The first kappa shape index (κ1) is 17.5. The summed E-state index contributed by atoms with van der Waals surface area (Å²) in [5.41, 5.74) is 1.15. The fourth-order valence-corrected chi connectivity index (χ4v) is 4.17. The number of nitrogens with one attached hydrogen (secondary N) is 1. The maximum Gasteiger partial charge on any atom is 0.107 e. The first-order chi connectivity index (χ1) is 11.7. The standard InChI is InChI=1S/C19H28N4S/c1-15(2)18-12-22-19(24-18)14-23(13-16-6-3-4-10-21-16)17-7-5-9-20-11-8-17/h3-4,6,10,12,15,17,20H,5,7-9,11,13-14H2,1-2H3/t17-/m0/s1. The van der Waals surface area contributed by atoms with E-state index in [1.165, 1.54) is 29.1 Å². The Morgan fingerprint density at radius 2 is 2.12 bits per heavy atom. The van der Waals surface area contributed by atoms with Crippen LogP contribution in [0.2, 0.25) is 0 Å². The van der Waals surface area contributed by atoms with Crippen LogP contribution < -0.4 is 5.32 Å². The van der Waals surface area contributed by atoms with Crippen LogP contribution in [-0.4, -0.2) is 34.0 Å². The Bertz CT molecular complexity index is 603. The van der Waals surface area contributed by atoms with E-state index in [9.17, 15) is 0 Å². The van der Waals surface area contributed by atoms with E-state index in [1.54, 1.807) is 0 Å². The zero-order chi connectivity index (χ0) is 16.8. The minimum Gasteiger partial charge on any atom is -0.317 e. The summed E-state index contributed by atoms with van der Waals surface area (Å²) in [6, 6.07) is 6.80. The summed E-state index contributed by atoms with van der Waals surface area (Å²) >= 11 is 1.86. The number of pyridine rings is 1. The predicted octanol–water partition coefficient (Wildman–Crippen LogP) is 3.81. The van der Waals surface area contributed by atoms with Gasteiger partial charge in [-0.3, -0.25) is 9.88 Å². The first-order valence-electron chi connectivity index (χ1n) is 9.01. The molecule has 3 rings (SSSR count). The average molecular weight is 345 g/mol. The summed E-state index contributed by atoms with van der Waals surface area (Å²) in [6.45, 7) is 8.56. The van der Waals surface area contributed by atoms with E-state index in [0.717, 1.165) is 31.9 Å². The van der Waals surface area contributed by atoms with Gasteiger partial charge in [0.1, 0.15) is 5.01 Å². The number of rotatable bonds is 6. The normalized spacial score (nSPS) is 18.9. The number of hydrogen-bond acceptors (Lipinski definition) is 5. The number of nitrogens with zero attached hydrogens (tertiary/aromatic N) is 3. The fourth-order valence-electron chi connectivity index (χ4n) is 3.22. The maximum atomic E-state index is 4.68. The monoisotopic (exact) mass is 344 g/mol. The van der Waals surface area contributed by atoms with Crippen LogP contribution in [0.1, 0.15) is 54.6 Å². The molecule has 0 radical (unpaired) electrons. The van der Waals surface area contributed by atoms with Crippen molar-refractivity contribution in [3.63, 3.8) is 0 Å². The average Bonchev–Trinajstić information content (AvgIpc) is 2.89. The molecule has 0 unspecified atom stereocenters. The van der Waals surface area contributed by atoms with E-state index in [-0.39, 0.29) is 0 Å². The third-order valence-electron chi connectivity index (χ3n) is 4.63. The third kappa shape index (κ3) is 4.85. The van der Waals surface area contributed by atoms with Gasteiger partial charge in [-0.1, -0.05) is 19.9 Å².